The van der Waals surface area contributed by atoms with Crippen molar-refractivity contribution in [1.82, 2.24) is 9.88 Å². The molecule has 0 saturated carbocycles. The van der Waals surface area contributed by atoms with Gasteiger partial charge in [0.25, 0.3) is 0 Å². The first-order chi connectivity index (χ1) is 16.8. The lowest BCUT2D eigenvalue weighted by atomic mass is 10.1. The Morgan fingerprint density at radius 2 is 1.50 bits per heavy atom. The number of hydrogen-bond donors (Lipinski definition) is 0. The van der Waals surface area contributed by atoms with Gasteiger partial charge in [0.15, 0.2) is 0 Å². The second kappa shape index (κ2) is 11.5. The van der Waals surface area contributed by atoms with Crippen LogP contribution in [0.2, 0.25) is 0 Å². The first-order valence-electron chi connectivity index (χ1n) is 11.9. The second-order valence-corrected chi connectivity index (χ2v) is 9.84. The quantitative estimate of drug-likeness (QED) is 0.280. The molecule has 172 valence electrons. The number of thioether (sulfide) groups is 1. The highest BCUT2D eigenvalue weighted by Gasteiger charge is 2.31. The predicted octanol–water partition coefficient (Wildman–Crippen LogP) is 6.41. The van der Waals surface area contributed by atoms with Crippen LogP contribution >= 0.6 is 11.8 Å². The highest BCUT2D eigenvalue weighted by atomic mass is 32.2. The summed E-state index contributed by atoms with van der Waals surface area (Å²) < 4.78 is 6.40. The standard InChI is InChI=1S/C30H30N2OS/c1-4-11-24(12-5-1)21-27-17-10-18-31-30(27)34-29(26-15-8-3-9-16-26)28-23-32(19-20-33-28)22-25-13-6-2-7-14-25/h1-18,28-29H,19-23H2/t28-,29?/m0/s1. The molecule has 0 amide bonds. The number of ether oxygens (including phenoxy) is 1. The van der Waals surface area contributed by atoms with Crippen LogP contribution in [0.1, 0.15) is 27.5 Å². The molecule has 0 N–H and O–H groups in total. The smallest absolute Gasteiger partial charge is 0.100 e. The molecule has 4 aromatic rings. The van der Waals surface area contributed by atoms with E-state index >= 15 is 0 Å². The molecule has 5 rings (SSSR count). The van der Waals surface area contributed by atoms with Crippen LogP contribution < -0.4 is 0 Å². The highest BCUT2D eigenvalue weighted by molar-refractivity contribution is 7.99. The summed E-state index contributed by atoms with van der Waals surface area (Å²) in [5.41, 5.74) is 5.20. The van der Waals surface area contributed by atoms with Crippen molar-refractivity contribution in [3.63, 3.8) is 0 Å². The molecule has 1 aromatic heterocycles. The molecule has 4 heteroatoms. The van der Waals surface area contributed by atoms with Crippen LogP contribution in [0.15, 0.2) is 114 Å². The van der Waals surface area contributed by atoms with E-state index in [2.05, 4.69) is 102 Å². The zero-order valence-corrected chi connectivity index (χ0v) is 20.1. The maximum Gasteiger partial charge on any atom is 0.100 e. The van der Waals surface area contributed by atoms with Crippen molar-refractivity contribution in [2.24, 2.45) is 0 Å². The van der Waals surface area contributed by atoms with Gasteiger partial charge in [-0.1, -0.05) is 109 Å². The maximum atomic E-state index is 6.40. The summed E-state index contributed by atoms with van der Waals surface area (Å²) in [5, 5.41) is 1.26. The maximum absolute atomic E-state index is 6.40. The Kier molecular flexibility index (Phi) is 7.71. The van der Waals surface area contributed by atoms with Gasteiger partial charge in [0.05, 0.1) is 18.0 Å². The Morgan fingerprint density at radius 3 is 2.24 bits per heavy atom. The van der Waals surface area contributed by atoms with E-state index in [9.17, 15) is 0 Å². The van der Waals surface area contributed by atoms with Crippen LogP contribution in [0.5, 0.6) is 0 Å². The number of morpholine rings is 1. The molecule has 0 aliphatic carbocycles. The third-order valence-electron chi connectivity index (χ3n) is 6.22. The zero-order chi connectivity index (χ0) is 23.0. The van der Waals surface area contributed by atoms with Gasteiger partial charge in [-0.05, 0) is 28.3 Å². The van der Waals surface area contributed by atoms with E-state index in [-0.39, 0.29) is 11.4 Å². The lowest BCUT2D eigenvalue weighted by molar-refractivity contribution is -0.0320. The molecule has 34 heavy (non-hydrogen) atoms. The fraction of sp³-hybridized carbons (Fsp3) is 0.233. The van der Waals surface area contributed by atoms with Crippen molar-refractivity contribution in [1.29, 1.82) is 0 Å². The molecule has 0 bridgehead atoms. The minimum atomic E-state index is 0.0939. The Labute approximate surface area is 206 Å². The van der Waals surface area contributed by atoms with Gasteiger partial charge < -0.3 is 4.74 Å². The molecular formula is C30H30N2OS. The van der Waals surface area contributed by atoms with E-state index in [1.54, 1.807) is 0 Å². The molecule has 2 heterocycles. The van der Waals surface area contributed by atoms with Crippen LogP contribution in [0, 0.1) is 0 Å². The van der Waals surface area contributed by atoms with E-state index < -0.39 is 0 Å². The number of pyridine rings is 1. The SMILES string of the molecule is c1ccc(Cc2cccnc2SC(c2ccccc2)[C@@H]2CN(Cc3ccccc3)CCO2)cc1. The lowest BCUT2D eigenvalue weighted by Gasteiger charge is -2.37. The van der Waals surface area contributed by atoms with Gasteiger partial charge in [0.2, 0.25) is 0 Å². The van der Waals surface area contributed by atoms with Crippen LogP contribution in [-0.4, -0.2) is 35.7 Å². The van der Waals surface area contributed by atoms with Crippen molar-refractivity contribution in [2.45, 2.75) is 29.3 Å². The summed E-state index contributed by atoms with van der Waals surface area (Å²) >= 11 is 1.84. The molecule has 2 atom stereocenters. The summed E-state index contributed by atoms with van der Waals surface area (Å²) in [5.74, 6) is 0. The van der Waals surface area contributed by atoms with Crippen LogP contribution in [0.4, 0.5) is 0 Å². The molecule has 1 fully saturated rings. The summed E-state index contributed by atoms with van der Waals surface area (Å²) in [6.07, 6.45) is 2.88. The number of nitrogens with zero attached hydrogens (tertiary/aromatic N) is 2. The van der Waals surface area contributed by atoms with Crippen LogP contribution in [0.3, 0.4) is 0 Å². The number of hydrogen-bond acceptors (Lipinski definition) is 4. The molecule has 0 spiro atoms. The summed E-state index contributed by atoms with van der Waals surface area (Å²) in [6.45, 7) is 3.57. The highest BCUT2D eigenvalue weighted by Crippen LogP contribution is 2.41. The molecule has 0 radical (unpaired) electrons. The van der Waals surface area contributed by atoms with E-state index in [1.807, 2.05) is 24.0 Å². The Hall–Kier alpha value is -2.92. The van der Waals surface area contributed by atoms with Crippen molar-refractivity contribution < 1.29 is 4.74 Å². The van der Waals surface area contributed by atoms with Gasteiger partial charge in [-0.15, -0.1) is 0 Å². The first kappa shape index (κ1) is 22.9. The summed E-state index contributed by atoms with van der Waals surface area (Å²) in [6, 6.07) is 36.4. The zero-order valence-electron chi connectivity index (χ0n) is 19.3. The molecule has 1 unspecified atom stereocenters. The molecule has 3 aromatic carbocycles. The first-order valence-corrected chi connectivity index (χ1v) is 12.8. The number of benzene rings is 3. The molecule has 1 aliphatic heterocycles. The fourth-order valence-corrected chi connectivity index (χ4v) is 5.77. The Bertz CT molecular complexity index is 1150. The normalized spacial score (nSPS) is 17.4. The average Bonchev–Trinajstić information content (AvgIpc) is 2.90. The average molecular weight is 467 g/mol. The Morgan fingerprint density at radius 1 is 0.824 bits per heavy atom. The summed E-state index contributed by atoms with van der Waals surface area (Å²) in [7, 11) is 0. The second-order valence-electron chi connectivity index (χ2n) is 8.71. The monoisotopic (exact) mass is 466 g/mol. The number of aromatic nitrogens is 1. The molecule has 1 saturated heterocycles. The molecule has 1 aliphatic rings. The topological polar surface area (TPSA) is 25.4 Å². The van der Waals surface area contributed by atoms with Crippen molar-refractivity contribution in [3.05, 3.63) is 132 Å². The largest absolute Gasteiger partial charge is 0.374 e. The van der Waals surface area contributed by atoms with E-state index in [4.69, 9.17) is 9.72 Å². The van der Waals surface area contributed by atoms with Gasteiger partial charge in [0, 0.05) is 32.3 Å². The van der Waals surface area contributed by atoms with Gasteiger partial charge in [0.1, 0.15) is 5.03 Å². The van der Waals surface area contributed by atoms with Crippen LogP contribution in [0.25, 0.3) is 0 Å². The minimum absolute atomic E-state index is 0.0939. The van der Waals surface area contributed by atoms with E-state index in [1.165, 1.54) is 22.3 Å². The van der Waals surface area contributed by atoms with Gasteiger partial charge in [-0.25, -0.2) is 4.98 Å². The third-order valence-corrected chi connectivity index (χ3v) is 7.64. The van der Waals surface area contributed by atoms with E-state index in [0.29, 0.717) is 0 Å². The minimum Gasteiger partial charge on any atom is -0.374 e. The van der Waals surface area contributed by atoms with Gasteiger partial charge in [-0.3, -0.25) is 4.90 Å². The Balaban J connectivity index is 1.38. The van der Waals surface area contributed by atoms with Gasteiger partial charge in [-0.2, -0.15) is 0 Å². The number of rotatable bonds is 8. The van der Waals surface area contributed by atoms with E-state index in [0.717, 1.165) is 37.7 Å². The van der Waals surface area contributed by atoms with Crippen LogP contribution in [-0.2, 0) is 17.7 Å². The fourth-order valence-electron chi connectivity index (χ4n) is 4.50. The molecular weight excluding hydrogens is 436 g/mol. The lowest BCUT2D eigenvalue weighted by Crippen LogP contribution is -2.44. The van der Waals surface area contributed by atoms with Crippen molar-refractivity contribution >= 4 is 11.8 Å². The van der Waals surface area contributed by atoms with Crippen molar-refractivity contribution in [2.75, 3.05) is 19.7 Å². The predicted molar refractivity (Wildman–Crippen MR) is 140 cm³/mol. The molecule has 3 nitrogen and oxygen atoms in total. The van der Waals surface area contributed by atoms with Gasteiger partial charge >= 0.3 is 0 Å². The summed E-state index contributed by atoms with van der Waals surface area (Å²) in [4.78, 5) is 7.33. The van der Waals surface area contributed by atoms with Crippen molar-refractivity contribution in [3.8, 4) is 0 Å². The third kappa shape index (κ3) is 5.95.